The number of nitrogens with zero attached hydrogens (tertiary/aromatic N) is 1. The molecule has 2 fully saturated rings. The lowest BCUT2D eigenvalue weighted by Crippen LogP contribution is -2.57. The molecule has 0 saturated carbocycles. The molecule has 11 heteroatoms. The van der Waals surface area contributed by atoms with Crippen molar-refractivity contribution in [2.45, 2.75) is 76.5 Å². The van der Waals surface area contributed by atoms with Gasteiger partial charge in [-0.05, 0) is 46.8 Å². The number of alkyl halides is 3. The number of hydrogen-bond donors (Lipinski definition) is 2. The zero-order valence-corrected chi connectivity index (χ0v) is 18.1. The topological polar surface area (TPSA) is 90.9 Å². The number of rotatable bonds is 4. The number of fused-ring (bicyclic) bond motifs is 1. The van der Waals surface area contributed by atoms with Gasteiger partial charge in [0.2, 0.25) is 0 Å². The normalized spacial score (nSPS) is 28.0. The molecule has 0 bridgehead atoms. The van der Waals surface area contributed by atoms with Crippen LogP contribution in [0, 0.1) is 0 Å². The van der Waals surface area contributed by atoms with Crippen molar-refractivity contribution in [3.63, 3.8) is 0 Å². The molecule has 3 heterocycles. The maximum atomic E-state index is 13.0. The van der Waals surface area contributed by atoms with Gasteiger partial charge in [0.05, 0.1) is 12.6 Å². The highest BCUT2D eigenvalue weighted by Gasteiger charge is 2.52. The quantitative estimate of drug-likeness (QED) is 0.732. The van der Waals surface area contributed by atoms with Crippen LogP contribution in [-0.2, 0) is 25.1 Å². The Bertz CT molecular complexity index is 797. The second-order valence-corrected chi connectivity index (χ2v) is 9.00. The fourth-order valence-electron chi connectivity index (χ4n) is 3.52. The predicted molar refractivity (Wildman–Crippen MR) is 104 cm³/mol. The van der Waals surface area contributed by atoms with Crippen LogP contribution in [0.1, 0.15) is 40.3 Å². The summed E-state index contributed by atoms with van der Waals surface area (Å²) >= 11 is 0. The summed E-state index contributed by atoms with van der Waals surface area (Å²) in [6.45, 7) is 9.05. The highest BCUT2D eigenvalue weighted by Crippen LogP contribution is 2.37. The van der Waals surface area contributed by atoms with E-state index in [4.69, 9.17) is 18.9 Å². The molecule has 3 rings (SSSR count). The van der Waals surface area contributed by atoms with Gasteiger partial charge in [0.15, 0.2) is 5.79 Å². The van der Waals surface area contributed by atoms with Crippen LogP contribution < -0.4 is 10.6 Å². The minimum absolute atomic E-state index is 0.135. The number of pyridine rings is 1. The smallest absolute Gasteiger partial charge is 0.433 e. The first-order valence-corrected chi connectivity index (χ1v) is 9.97. The van der Waals surface area contributed by atoms with E-state index in [0.717, 1.165) is 12.3 Å². The highest BCUT2D eigenvalue weighted by molar-refractivity contribution is 5.67. The van der Waals surface area contributed by atoms with E-state index in [0.29, 0.717) is 0 Å². The minimum Gasteiger partial charge on any atom is -0.444 e. The summed E-state index contributed by atoms with van der Waals surface area (Å²) in [5.74, 6) is -0.914. The van der Waals surface area contributed by atoms with Gasteiger partial charge in [-0.1, -0.05) is 0 Å². The van der Waals surface area contributed by atoms with Gasteiger partial charge in [-0.15, -0.1) is 0 Å². The van der Waals surface area contributed by atoms with Crippen LogP contribution in [-0.4, -0.2) is 60.0 Å². The van der Waals surface area contributed by atoms with Gasteiger partial charge in [0, 0.05) is 18.4 Å². The fraction of sp³-hybridized carbons (Fsp3) is 0.700. The lowest BCUT2D eigenvalue weighted by Gasteiger charge is -2.38. The Labute approximate surface area is 178 Å². The van der Waals surface area contributed by atoms with Crippen LogP contribution in [0.3, 0.4) is 0 Å². The molecule has 0 radical (unpaired) electrons. The van der Waals surface area contributed by atoms with Crippen molar-refractivity contribution in [3.8, 4) is 0 Å². The number of ether oxygens (including phenoxy) is 4. The molecule has 31 heavy (non-hydrogen) atoms. The SMILES string of the molecule is CC(C)(C)OC(=O)NC[C@H]1OC[C@H](Nc2ccnc(C(F)(F)F)c2)[C@H]2OC(C)(C)O[C@H]21. The molecule has 0 spiro atoms. The minimum atomic E-state index is -4.54. The lowest BCUT2D eigenvalue weighted by atomic mass is 9.97. The van der Waals surface area contributed by atoms with Crippen molar-refractivity contribution in [1.82, 2.24) is 10.3 Å². The maximum absolute atomic E-state index is 13.0. The van der Waals surface area contributed by atoms with Crippen molar-refractivity contribution >= 4 is 11.8 Å². The third-order valence-corrected chi connectivity index (χ3v) is 4.67. The number of carbonyl (C=O) groups is 1. The number of nitrogens with one attached hydrogen (secondary N) is 2. The Morgan fingerprint density at radius 3 is 2.58 bits per heavy atom. The first-order chi connectivity index (χ1) is 14.2. The zero-order valence-electron chi connectivity index (χ0n) is 18.1. The summed E-state index contributed by atoms with van der Waals surface area (Å²) in [7, 11) is 0. The summed E-state index contributed by atoms with van der Waals surface area (Å²) in [6, 6.07) is 1.92. The fourth-order valence-corrected chi connectivity index (χ4v) is 3.52. The number of anilines is 1. The largest absolute Gasteiger partial charge is 0.444 e. The van der Waals surface area contributed by atoms with E-state index in [2.05, 4.69) is 15.6 Å². The molecule has 4 atom stereocenters. The van der Waals surface area contributed by atoms with Gasteiger partial charge in [-0.2, -0.15) is 13.2 Å². The summed E-state index contributed by atoms with van der Waals surface area (Å²) in [5.41, 5.74) is -1.38. The van der Waals surface area contributed by atoms with Gasteiger partial charge in [0.1, 0.15) is 29.6 Å². The molecule has 1 aromatic rings. The zero-order chi connectivity index (χ0) is 23.0. The van der Waals surface area contributed by atoms with E-state index >= 15 is 0 Å². The van der Waals surface area contributed by atoms with Crippen LogP contribution >= 0.6 is 0 Å². The van der Waals surface area contributed by atoms with Gasteiger partial charge in [-0.3, -0.25) is 4.98 Å². The third-order valence-electron chi connectivity index (χ3n) is 4.67. The van der Waals surface area contributed by atoms with Gasteiger partial charge in [0.25, 0.3) is 0 Å². The number of carbonyl (C=O) groups excluding carboxylic acids is 1. The van der Waals surface area contributed by atoms with Crippen molar-refractivity contribution in [3.05, 3.63) is 24.0 Å². The molecule has 0 aromatic carbocycles. The molecular weight excluding hydrogens is 419 g/mol. The van der Waals surface area contributed by atoms with Crippen LogP contribution in [0.25, 0.3) is 0 Å². The second kappa shape index (κ2) is 8.44. The van der Waals surface area contributed by atoms with Crippen molar-refractivity contribution < 1.29 is 36.9 Å². The number of amides is 1. The monoisotopic (exact) mass is 447 g/mol. The van der Waals surface area contributed by atoms with Gasteiger partial charge < -0.3 is 29.6 Å². The predicted octanol–water partition coefficient (Wildman–Crippen LogP) is 3.32. The van der Waals surface area contributed by atoms with Crippen LogP contribution in [0.2, 0.25) is 0 Å². The average Bonchev–Trinajstić information content (AvgIpc) is 2.95. The molecule has 1 amide bonds. The maximum Gasteiger partial charge on any atom is 0.433 e. The molecule has 0 aliphatic carbocycles. The van der Waals surface area contributed by atoms with Crippen molar-refractivity contribution in [1.29, 1.82) is 0 Å². The van der Waals surface area contributed by atoms with Gasteiger partial charge in [-0.25, -0.2) is 4.79 Å². The van der Waals surface area contributed by atoms with E-state index in [-0.39, 0.29) is 18.8 Å². The van der Waals surface area contributed by atoms with Crippen LogP contribution in [0.5, 0.6) is 0 Å². The molecule has 2 aliphatic rings. The Kier molecular flexibility index (Phi) is 6.41. The number of alkyl carbamates (subject to hydrolysis) is 1. The van der Waals surface area contributed by atoms with E-state index in [9.17, 15) is 18.0 Å². The first kappa shape index (κ1) is 23.6. The molecule has 0 unspecified atom stereocenters. The highest BCUT2D eigenvalue weighted by atomic mass is 19.4. The van der Waals surface area contributed by atoms with E-state index in [1.54, 1.807) is 34.6 Å². The van der Waals surface area contributed by atoms with E-state index in [1.165, 1.54) is 6.07 Å². The van der Waals surface area contributed by atoms with Gasteiger partial charge >= 0.3 is 12.3 Å². The van der Waals surface area contributed by atoms with E-state index in [1.807, 2.05) is 0 Å². The average molecular weight is 447 g/mol. The molecule has 8 nitrogen and oxygen atoms in total. The molecule has 174 valence electrons. The standard InChI is InChI=1S/C20H28F3N3O5/c1-18(2,3)31-17(27)25-9-13-16-15(29-19(4,5)30-16)12(10-28-13)26-11-6-7-24-14(8-11)20(21,22)23/h6-8,12-13,15-16H,9-10H2,1-5H3,(H,24,26)(H,25,27)/t12-,13+,15+,16-/m0/s1. The van der Waals surface area contributed by atoms with Crippen LogP contribution in [0.15, 0.2) is 18.3 Å². The molecular formula is C20H28F3N3O5. The van der Waals surface area contributed by atoms with Crippen LogP contribution in [0.4, 0.5) is 23.7 Å². The molecule has 1 aromatic heterocycles. The Hall–Kier alpha value is -2.11. The summed E-state index contributed by atoms with van der Waals surface area (Å²) in [6.07, 6.45) is -5.59. The number of hydrogen-bond acceptors (Lipinski definition) is 7. The number of aromatic nitrogens is 1. The third kappa shape index (κ3) is 6.20. The second-order valence-electron chi connectivity index (χ2n) is 9.00. The molecule has 2 aliphatic heterocycles. The Morgan fingerprint density at radius 2 is 1.94 bits per heavy atom. The summed E-state index contributed by atoms with van der Waals surface area (Å²) in [4.78, 5) is 15.3. The molecule has 2 saturated heterocycles. The Morgan fingerprint density at radius 1 is 1.26 bits per heavy atom. The Balaban J connectivity index is 1.68. The molecule has 2 N–H and O–H groups in total. The van der Waals surface area contributed by atoms with Crippen molar-refractivity contribution in [2.24, 2.45) is 0 Å². The first-order valence-electron chi connectivity index (χ1n) is 9.97. The number of halogens is 3. The summed E-state index contributed by atoms with van der Waals surface area (Å²) < 4.78 is 62.0. The van der Waals surface area contributed by atoms with E-state index < -0.39 is 53.7 Å². The lowest BCUT2D eigenvalue weighted by molar-refractivity contribution is -0.153. The van der Waals surface area contributed by atoms with Crippen molar-refractivity contribution in [2.75, 3.05) is 18.5 Å². The summed E-state index contributed by atoms with van der Waals surface area (Å²) in [5, 5.41) is 5.70.